The van der Waals surface area contributed by atoms with Crippen LogP contribution in [0.25, 0.3) is 0 Å². The van der Waals surface area contributed by atoms with Crippen LogP contribution in [0.1, 0.15) is 32.6 Å². The van der Waals surface area contributed by atoms with Gasteiger partial charge in [0.1, 0.15) is 0 Å². The van der Waals surface area contributed by atoms with Gasteiger partial charge in [0.05, 0.1) is 12.7 Å². The second-order valence-electron chi connectivity index (χ2n) is 3.53. The summed E-state index contributed by atoms with van der Waals surface area (Å²) in [6.07, 6.45) is 7.31. The molecule has 0 aliphatic carbocycles. The average Bonchev–Trinajstić information content (AvgIpc) is 2.25. The maximum absolute atomic E-state index is 9.22. The van der Waals surface area contributed by atoms with Gasteiger partial charge in [0, 0.05) is 6.61 Å². The largest absolute Gasteiger partial charge is 0.389 e. The molecule has 0 aromatic carbocycles. The third kappa shape index (κ3) is 4.74. The fourth-order valence-electron chi connectivity index (χ4n) is 1.35. The third-order valence-electron chi connectivity index (χ3n) is 2.29. The quantitative estimate of drug-likeness (QED) is 0.688. The SMILES string of the molecule is CCC(O)C=CCOC1CCCCO1. The fourth-order valence-corrected chi connectivity index (χ4v) is 1.35. The van der Waals surface area contributed by atoms with Gasteiger partial charge in [-0.05, 0) is 25.7 Å². The van der Waals surface area contributed by atoms with Crippen LogP contribution in [-0.2, 0) is 9.47 Å². The highest BCUT2D eigenvalue weighted by molar-refractivity contribution is 4.87. The lowest BCUT2D eigenvalue weighted by Gasteiger charge is -2.21. The van der Waals surface area contributed by atoms with Crippen molar-refractivity contribution in [2.24, 2.45) is 0 Å². The molecule has 14 heavy (non-hydrogen) atoms. The number of ether oxygens (including phenoxy) is 2. The standard InChI is InChI=1S/C11H20O3/c1-2-10(12)6-5-9-14-11-7-3-4-8-13-11/h5-6,10-12H,2-4,7-9H2,1H3. The van der Waals surface area contributed by atoms with E-state index in [0.717, 1.165) is 25.9 Å². The zero-order valence-corrected chi connectivity index (χ0v) is 8.82. The summed E-state index contributed by atoms with van der Waals surface area (Å²) < 4.78 is 10.9. The number of rotatable bonds is 5. The molecule has 1 saturated heterocycles. The van der Waals surface area contributed by atoms with E-state index in [1.807, 2.05) is 13.0 Å². The minimum absolute atomic E-state index is 0.0350. The Morgan fingerprint density at radius 1 is 1.57 bits per heavy atom. The Morgan fingerprint density at radius 3 is 3.07 bits per heavy atom. The van der Waals surface area contributed by atoms with Gasteiger partial charge in [0.15, 0.2) is 6.29 Å². The molecule has 1 aliphatic rings. The van der Waals surface area contributed by atoms with Gasteiger partial charge in [-0.15, -0.1) is 0 Å². The lowest BCUT2D eigenvalue weighted by molar-refractivity contribution is -0.155. The van der Waals surface area contributed by atoms with Crippen LogP contribution in [0.2, 0.25) is 0 Å². The molecule has 0 aromatic heterocycles. The first-order valence-electron chi connectivity index (χ1n) is 5.41. The van der Waals surface area contributed by atoms with Gasteiger partial charge in [-0.25, -0.2) is 0 Å². The number of aliphatic hydroxyl groups excluding tert-OH is 1. The van der Waals surface area contributed by atoms with Crippen molar-refractivity contribution in [2.75, 3.05) is 13.2 Å². The van der Waals surface area contributed by atoms with E-state index < -0.39 is 0 Å². The van der Waals surface area contributed by atoms with Gasteiger partial charge >= 0.3 is 0 Å². The molecule has 3 nitrogen and oxygen atoms in total. The maximum Gasteiger partial charge on any atom is 0.157 e. The third-order valence-corrected chi connectivity index (χ3v) is 2.29. The lowest BCUT2D eigenvalue weighted by Crippen LogP contribution is -2.22. The van der Waals surface area contributed by atoms with E-state index in [4.69, 9.17) is 9.47 Å². The number of hydrogen-bond acceptors (Lipinski definition) is 3. The van der Waals surface area contributed by atoms with Crippen LogP contribution < -0.4 is 0 Å². The molecule has 2 atom stereocenters. The summed E-state index contributed by atoms with van der Waals surface area (Å²) in [6, 6.07) is 0. The van der Waals surface area contributed by atoms with Crippen LogP contribution in [0.15, 0.2) is 12.2 Å². The van der Waals surface area contributed by atoms with Gasteiger partial charge in [0.25, 0.3) is 0 Å². The van der Waals surface area contributed by atoms with Gasteiger partial charge in [-0.2, -0.15) is 0 Å². The van der Waals surface area contributed by atoms with Crippen molar-refractivity contribution in [2.45, 2.75) is 45.0 Å². The molecule has 0 aromatic rings. The molecule has 0 radical (unpaired) electrons. The van der Waals surface area contributed by atoms with Crippen LogP contribution in [0.5, 0.6) is 0 Å². The Kier molecular flexibility index (Phi) is 5.83. The van der Waals surface area contributed by atoms with Gasteiger partial charge in [-0.1, -0.05) is 19.1 Å². The van der Waals surface area contributed by atoms with Gasteiger partial charge < -0.3 is 14.6 Å². The number of aliphatic hydroxyl groups is 1. The second-order valence-corrected chi connectivity index (χ2v) is 3.53. The summed E-state index contributed by atoms with van der Waals surface area (Å²) in [5, 5.41) is 9.22. The maximum atomic E-state index is 9.22. The van der Waals surface area contributed by atoms with Crippen molar-refractivity contribution in [1.82, 2.24) is 0 Å². The minimum Gasteiger partial charge on any atom is -0.389 e. The highest BCUT2D eigenvalue weighted by Crippen LogP contribution is 2.13. The average molecular weight is 200 g/mol. The molecular weight excluding hydrogens is 180 g/mol. The molecule has 82 valence electrons. The molecule has 1 fully saturated rings. The molecule has 1 rings (SSSR count). The Hall–Kier alpha value is -0.380. The van der Waals surface area contributed by atoms with E-state index in [9.17, 15) is 5.11 Å². The van der Waals surface area contributed by atoms with Crippen molar-refractivity contribution in [3.63, 3.8) is 0 Å². The zero-order valence-electron chi connectivity index (χ0n) is 8.82. The van der Waals surface area contributed by atoms with E-state index >= 15 is 0 Å². The highest BCUT2D eigenvalue weighted by atomic mass is 16.7. The normalized spacial score (nSPS) is 25.4. The predicted molar refractivity (Wildman–Crippen MR) is 55.0 cm³/mol. The highest BCUT2D eigenvalue weighted by Gasteiger charge is 2.12. The molecule has 1 aliphatic heterocycles. The first-order valence-corrected chi connectivity index (χ1v) is 5.41. The topological polar surface area (TPSA) is 38.7 Å². The summed E-state index contributed by atoms with van der Waals surface area (Å²) in [5.41, 5.74) is 0. The minimum atomic E-state index is -0.342. The first-order chi connectivity index (χ1) is 6.83. The summed E-state index contributed by atoms with van der Waals surface area (Å²) in [7, 11) is 0. The Balaban J connectivity index is 2.04. The van der Waals surface area contributed by atoms with Crippen molar-refractivity contribution in [3.05, 3.63) is 12.2 Å². The Labute approximate surface area is 85.7 Å². The van der Waals surface area contributed by atoms with Crippen LogP contribution in [0.3, 0.4) is 0 Å². The summed E-state index contributed by atoms with van der Waals surface area (Å²) >= 11 is 0. The van der Waals surface area contributed by atoms with E-state index in [2.05, 4.69) is 0 Å². The summed E-state index contributed by atoms with van der Waals surface area (Å²) in [5.74, 6) is 0. The predicted octanol–water partition coefficient (Wildman–Crippen LogP) is 1.86. The van der Waals surface area contributed by atoms with Crippen molar-refractivity contribution < 1.29 is 14.6 Å². The monoisotopic (exact) mass is 200 g/mol. The molecule has 1 N–H and O–H groups in total. The summed E-state index contributed by atoms with van der Waals surface area (Å²) in [6.45, 7) is 3.29. The van der Waals surface area contributed by atoms with E-state index in [-0.39, 0.29) is 12.4 Å². The number of hydrogen-bond donors (Lipinski definition) is 1. The first kappa shape index (κ1) is 11.7. The van der Waals surface area contributed by atoms with Gasteiger partial charge in [-0.3, -0.25) is 0 Å². The molecule has 2 unspecified atom stereocenters. The smallest absolute Gasteiger partial charge is 0.157 e. The van der Waals surface area contributed by atoms with Crippen molar-refractivity contribution >= 4 is 0 Å². The van der Waals surface area contributed by atoms with E-state index in [1.54, 1.807) is 6.08 Å². The fraction of sp³-hybridized carbons (Fsp3) is 0.818. The van der Waals surface area contributed by atoms with Gasteiger partial charge in [0.2, 0.25) is 0 Å². The zero-order chi connectivity index (χ0) is 10.2. The van der Waals surface area contributed by atoms with Crippen LogP contribution in [0, 0.1) is 0 Å². The second kappa shape index (κ2) is 6.98. The van der Waals surface area contributed by atoms with E-state index in [1.165, 1.54) is 6.42 Å². The molecular formula is C11H20O3. The molecule has 0 amide bonds. The van der Waals surface area contributed by atoms with Crippen LogP contribution in [0.4, 0.5) is 0 Å². The van der Waals surface area contributed by atoms with E-state index in [0.29, 0.717) is 6.61 Å². The van der Waals surface area contributed by atoms with Crippen LogP contribution in [-0.4, -0.2) is 30.7 Å². The molecule has 0 saturated carbocycles. The van der Waals surface area contributed by atoms with Crippen molar-refractivity contribution in [3.8, 4) is 0 Å². The lowest BCUT2D eigenvalue weighted by atomic mass is 10.2. The Bertz CT molecular complexity index is 162. The molecule has 0 bridgehead atoms. The van der Waals surface area contributed by atoms with Crippen molar-refractivity contribution in [1.29, 1.82) is 0 Å². The molecule has 0 spiro atoms. The Morgan fingerprint density at radius 2 is 2.43 bits per heavy atom. The van der Waals surface area contributed by atoms with Crippen LogP contribution >= 0.6 is 0 Å². The molecule has 1 heterocycles. The summed E-state index contributed by atoms with van der Waals surface area (Å²) in [4.78, 5) is 0. The molecule has 3 heteroatoms.